The van der Waals surface area contributed by atoms with Gasteiger partial charge in [-0.2, -0.15) is 4.99 Å². The second-order valence-corrected chi connectivity index (χ2v) is 5.84. The number of hydrogen-bond donors (Lipinski definition) is 2. The van der Waals surface area contributed by atoms with Gasteiger partial charge in [0.2, 0.25) is 11.9 Å². The third-order valence-electron chi connectivity index (χ3n) is 4.33. The molecule has 0 bridgehead atoms. The van der Waals surface area contributed by atoms with Crippen LogP contribution in [0.2, 0.25) is 0 Å². The van der Waals surface area contributed by atoms with E-state index in [9.17, 15) is 4.39 Å². The summed E-state index contributed by atoms with van der Waals surface area (Å²) < 4.78 is 19.8. The van der Waals surface area contributed by atoms with Crippen molar-refractivity contribution >= 4 is 17.6 Å². The monoisotopic (exact) mass is 319 g/mol. The van der Waals surface area contributed by atoms with Crippen LogP contribution < -0.4 is 21.1 Å². The molecule has 0 amide bonds. The average molecular weight is 319 g/mol. The Morgan fingerprint density at radius 1 is 1.26 bits per heavy atom. The number of aliphatic imine (C=N–C) groups is 2. The van der Waals surface area contributed by atoms with Gasteiger partial charge in [0.1, 0.15) is 5.66 Å². The fraction of sp³-hybridized carbons (Fsp3) is 0.500. The van der Waals surface area contributed by atoms with E-state index in [4.69, 9.17) is 16.2 Å². The van der Waals surface area contributed by atoms with Gasteiger partial charge in [-0.1, -0.05) is 12.5 Å². The molecule has 23 heavy (non-hydrogen) atoms. The number of halogens is 1. The number of anilines is 1. The van der Waals surface area contributed by atoms with Gasteiger partial charge in [0.05, 0.1) is 12.3 Å². The Balaban J connectivity index is 2.13. The van der Waals surface area contributed by atoms with Crippen molar-refractivity contribution in [2.24, 2.45) is 21.5 Å². The maximum absolute atomic E-state index is 14.3. The van der Waals surface area contributed by atoms with Gasteiger partial charge >= 0.3 is 0 Å². The molecular formula is C16H22FN5O. The molecule has 1 saturated carbocycles. The first-order chi connectivity index (χ1) is 11.1. The van der Waals surface area contributed by atoms with Crippen LogP contribution in [0, 0.1) is 5.82 Å². The van der Waals surface area contributed by atoms with Gasteiger partial charge in [0.25, 0.3) is 0 Å². The molecule has 3 rings (SSSR count). The van der Waals surface area contributed by atoms with E-state index in [0.29, 0.717) is 12.3 Å². The van der Waals surface area contributed by atoms with Gasteiger partial charge in [-0.15, -0.1) is 0 Å². The van der Waals surface area contributed by atoms with Crippen molar-refractivity contribution in [3.8, 4) is 5.75 Å². The Bertz CT molecular complexity index is 652. The summed E-state index contributed by atoms with van der Waals surface area (Å²) in [6.45, 7) is 2.17. The highest BCUT2D eigenvalue weighted by atomic mass is 19.1. The van der Waals surface area contributed by atoms with Gasteiger partial charge in [-0.25, -0.2) is 9.38 Å². The average Bonchev–Trinajstić information content (AvgIpc) is 2.50. The summed E-state index contributed by atoms with van der Waals surface area (Å²) in [7, 11) is 0. The first kappa shape index (κ1) is 15.6. The molecule has 2 aliphatic rings. The van der Waals surface area contributed by atoms with E-state index in [1.165, 1.54) is 6.07 Å². The summed E-state index contributed by atoms with van der Waals surface area (Å²) in [5.41, 5.74) is 12.0. The number of benzene rings is 1. The summed E-state index contributed by atoms with van der Waals surface area (Å²) in [5, 5.41) is 0. The summed E-state index contributed by atoms with van der Waals surface area (Å²) in [5.74, 6) is 0.153. The molecule has 0 aromatic heterocycles. The number of nitrogens with zero attached hydrogens (tertiary/aromatic N) is 3. The minimum absolute atomic E-state index is 0.175. The smallest absolute Gasteiger partial charge is 0.220 e. The molecule has 1 aliphatic heterocycles. The normalized spacial score (nSPS) is 20.2. The van der Waals surface area contributed by atoms with Crippen molar-refractivity contribution in [3.63, 3.8) is 0 Å². The van der Waals surface area contributed by atoms with E-state index in [-0.39, 0.29) is 17.7 Å². The van der Waals surface area contributed by atoms with Gasteiger partial charge in [0.15, 0.2) is 11.6 Å². The zero-order valence-electron chi connectivity index (χ0n) is 13.3. The second kappa shape index (κ2) is 6.06. The van der Waals surface area contributed by atoms with Crippen molar-refractivity contribution in [2.45, 2.75) is 44.7 Å². The number of para-hydroxylation sites is 1. The SMILES string of the molecule is CCOc1c(F)cccc1N1C(N)=NC(N)=NC12CCCCC2. The molecule has 1 spiro atoms. The lowest BCUT2D eigenvalue weighted by molar-refractivity contribution is 0.294. The van der Waals surface area contributed by atoms with E-state index in [0.717, 1.165) is 32.1 Å². The van der Waals surface area contributed by atoms with Crippen molar-refractivity contribution in [2.75, 3.05) is 11.5 Å². The summed E-state index contributed by atoms with van der Waals surface area (Å²) in [4.78, 5) is 10.5. The van der Waals surface area contributed by atoms with Crippen molar-refractivity contribution in [1.82, 2.24) is 0 Å². The molecule has 0 radical (unpaired) electrons. The zero-order valence-corrected chi connectivity index (χ0v) is 13.3. The van der Waals surface area contributed by atoms with Crippen LogP contribution in [0.5, 0.6) is 5.75 Å². The highest BCUT2D eigenvalue weighted by Gasteiger charge is 2.43. The predicted octanol–water partition coefficient (Wildman–Crippen LogP) is 2.33. The van der Waals surface area contributed by atoms with Crippen molar-refractivity contribution in [1.29, 1.82) is 0 Å². The quantitative estimate of drug-likeness (QED) is 0.895. The Hall–Kier alpha value is -2.31. The van der Waals surface area contributed by atoms with Crippen LogP contribution in [0.1, 0.15) is 39.0 Å². The minimum atomic E-state index is -0.603. The van der Waals surface area contributed by atoms with Crippen LogP contribution in [0.15, 0.2) is 28.2 Å². The zero-order chi connectivity index (χ0) is 16.4. The fourth-order valence-corrected chi connectivity index (χ4v) is 3.43. The molecule has 0 unspecified atom stereocenters. The largest absolute Gasteiger partial charge is 0.489 e. The van der Waals surface area contributed by atoms with E-state index < -0.39 is 11.5 Å². The third kappa shape index (κ3) is 2.71. The van der Waals surface area contributed by atoms with Crippen molar-refractivity contribution < 1.29 is 9.13 Å². The molecule has 6 nitrogen and oxygen atoms in total. The topological polar surface area (TPSA) is 89.2 Å². The molecule has 1 aliphatic carbocycles. The van der Waals surface area contributed by atoms with Crippen LogP contribution in [-0.2, 0) is 0 Å². The van der Waals surface area contributed by atoms with Crippen molar-refractivity contribution in [3.05, 3.63) is 24.0 Å². The first-order valence-corrected chi connectivity index (χ1v) is 7.98. The molecule has 124 valence electrons. The van der Waals surface area contributed by atoms with Crippen LogP contribution in [0.4, 0.5) is 10.1 Å². The Morgan fingerprint density at radius 3 is 2.70 bits per heavy atom. The maximum atomic E-state index is 14.3. The van der Waals surface area contributed by atoms with Crippen LogP contribution in [0.25, 0.3) is 0 Å². The van der Waals surface area contributed by atoms with E-state index >= 15 is 0 Å². The van der Waals surface area contributed by atoms with Crippen LogP contribution in [0.3, 0.4) is 0 Å². The number of hydrogen-bond acceptors (Lipinski definition) is 6. The highest BCUT2D eigenvalue weighted by molar-refractivity contribution is 6.06. The maximum Gasteiger partial charge on any atom is 0.220 e. The predicted molar refractivity (Wildman–Crippen MR) is 89.1 cm³/mol. The molecule has 1 aromatic rings. The summed E-state index contributed by atoms with van der Waals surface area (Å²) >= 11 is 0. The number of guanidine groups is 2. The van der Waals surface area contributed by atoms with E-state index in [1.807, 2.05) is 6.92 Å². The van der Waals surface area contributed by atoms with E-state index in [2.05, 4.69) is 9.98 Å². The Kier molecular flexibility index (Phi) is 4.11. The molecule has 0 atom stereocenters. The minimum Gasteiger partial charge on any atom is -0.489 e. The van der Waals surface area contributed by atoms with Gasteiger partial charge in [-0.3, -0.25) is 4.90 Å². The van der Waals surface area contributed by atoms with Gasteiger partial charge in [0, 0.05) is 0 Å². The lowest BCUT2D eigenvalue weighted by Gasteiger charge is -2.45. The molecule has 0 saturated heterocycles. The Morgan fingerprint density at radius 2 is 2.00 bits per heavy atom. The highest BCUT2D eigenvalue weighted by Crippen LogP contribution is 2.43. The van der Waals surface area contributed by atoms with Crippen LogP contribution >= 0.6 is 0 Å². The lowest BCUT2D eigenvalue weighted by atomic mass is 9.87. The second-order valence-electron chi connectivity index (χ2n) is 5.84. The van der Waals surface area contributed by atoms with Gasteiger partial charge < -0.3 is 16.2 Å². The summed E-state index contributed by atoms with van der Waals surface area (Å²) in [6.07, 6.45) is 4.77. The molecule has 1 aromatic carbocycles. The summed E-state index contributed by atoms with van der Waals surface area (Å²) in [6, 6.07) is 4.79. The molecular weight excluding hydrogens is 297 g/mol. The lowest BCUT2D eigenvalue weighted by Crippen LogP contribution is -2.58. The van der Waals surface area contributed by atoms with Crippen LogP contribution in [-0.4, -0.2) is 24.2 Å². The molecule has 1 heterocycles. The molecule has 1 fully saturated rings. The number of rotatable bonds is 3. The molecule has 4 N–H and O–H groups in total. The first-order valence-electron chi connectivity index (χ1n) is 7.98. The van der Waals surface area contributed by atoms with E-state index in [1.54, 1.807) is 17.0 Å². The standard InChI is InChI=1S/C16H22FN5O/c1-2-23-13-11(17)7-6-8-12(13)22-15(19)20-14(18)21-16(22)9-4-3-5-10-16/h6-8H,2-5,9-10H2,1H3,(H4,18,19,20,21). The Labute approximate surface area is 135 Å². The molecule has 7 heteroatoms. The van der Waals surface area contributed by atoms with Gasteiger partial charge in [-0.05, 0) is 44.7 Å². The fourth-order valence-electron chi connectivity index (χ4n) is 3.43. The number of nitrogens with two attached hydrogens (primary N) is 2. The third-order valence-corrected chi connectivity index (χ3v) is 4.33. The number of ether oxygens (including phenoxy) is 1.